The summed E-state index contributed by atoms with van der Waals surface area (Å²) >= 11 is 3.30. The van der Waals surface area contributed by atoms with Crippen molar-refractivity contribution in [3.8, 4) is 17.2 Å². The van der Waals surface area contributed by atoms with Crippen LogP contribution in [-0.4, -0.2) is 61.4 Å². The first-order valence-corrected chi connectivity index (χ1v) is 10.8. The van der Waals surface area contributed by atoms with Crippen LogP contribution in [0.4, 0.5) is 0 Å². The normalized spacial score (nSPS) is 15.5. The van der Waals surface area contributed by atoms with Gasteiger partial charge in [-0.3, -0.25) is 4.90 Å². The number of aryl methyl sites for hydroxylation is 2. The minimum atomic E-state index is 0.604. The van der Waals surface area contributed by atoms with Crippen LogP contribution in [-0.2, 0) is 11.3 Å². The fraction of sp³-hybridized carbons (Fsp3) is 0.389. The second kappa shape index (κ2) is 7.28. The van der Waals surface area contributed by atoms with Crippen LogP contribution >= 0.6 is 22.7 Å². The number of nitrogens with zero attached hydrogens (tertiary/aromatic N) is 7. The molecule has 1 aliphatic rings. The van der Waals surface area contributed by atoms with Gasteiger partial charge in [0.05, 0.1) is 25.1 Å². The van der Waals surface area contributed by atoms with Crippen LogP contribution in [0.1, 0.15) is 16.3 Å². The monoisotopic (exact) mass is 413 g/mol. The zero-order valence-corrected chi connectivity index (χ0v) is 17.3. The molecule has 0 saturated carbocycles. The second-order valence-electron chi connectivity index (χ2n) is 6.73. The minimum absolute atomic E-state index is 0.604. The van der Waals surface area contributed by atoms with E-state index in [2.05, 4.69) is 34.2 Å². The number of fused-ring (bicyclic) bond motifs is 1. The first-order chi connectivity index (χ1) is 13.7. The maximum atomic E-state index is 5.45. The van der Waals surface area contributed by atoms with E-state index in [1.807, 2.05) is 16.8 Å². The van der Waals surface area contributed by atoms with Crippen molar-refractivity contribution in [1.29, 1.82) is 0 Å². The Morgan fingerprint density at radius 1 is 1.18 bits per heavy atom. The third-order valence-corrected chi connectivity index (χ3v) is 6.69. The molecule has 0 aromatic carbocycles. The molecule has 1 fully saturated rings. The van der Waals surface area contributed by atoms with E-state index in [1.165, 1.54) is 10.4 Å². The zero-order valence-electron chi connectivity index (χ0n) is 15.6. The van der Waals surface area contributed by atoms with Gasteiger partial charge >= 0.3 is 0 Å². The van der Waals surface area contributed by atoms with Gasteiger partial charge in [0, 0.05) is 28.9 Å². The molecule has 10 heteroatoms. The Morgan fingerprint density at radius 3 is 2.82 bits per heavy atom. The molecule has 5 rings (SSSR count). The van der Waals surface area contributed by atoms with E-state index in [0.29, 0.717) is 18.2 Å². The van der Waals surface area contributed by atoms with E-state index < -0.39 is 0 Å². The number of hydrogen-bond donors (Lipinski definition) is 0. The average Bonchev–Trinajstić information content (AvgIpc) is 3.43. The number of thiophene rings is 2. The van der Waals surface area contributed by atoms with Crippen LogP contribution in [0.25, 0.3) is 27.4 Å². The molecule has 1 aliphatic heterocycles. The lowest BCUT2D eigenvalue weighted by molar-refractivity contribution is 0.0331. The molecule has 0 N–H and O–H groups in total. The second-order valence-corrected chi connectivity index (χ2v) is 8.71. The summed E-state index contributed by atoms with van der Waals surface area (Å²) in [6.45, 7) is 8.18. The molecule has 4 aromatic rings. The van der Waals surface area contributed by atoms with Gasteiger partial charge in [-0.05, 0) is 36.1 Å². The number of morpholine rings is 1. The van der Waals surface area contributed by atoms with Gasteiger partial charge in [0.2, 0.25) is 5.82 Å². The first kappa shape index (κ1) is 17.8. The highest BCUT2D eigenvalue weighted by atomic mass is 32.1. The van der Waals surface area contributed by atoms with Gasteiger partial charge in [-0.25, -0.2) is 9.97 Å². The van der Waals surface area contributed by atoms with Gasteiger partial charge in [0.25, 0.3) is 0 Å². The number of tetrazole rings is 1. The van der Waals surface area contributed by atoms with Gasteiger partial charge in [0.15, 0.2) is 5.82 Å². The Labute approximate surface area is 169 Å². The Kier molecular flexibility index (Phi) is 4.63. The molecule has 0 unspecified atom stereocenters. The van der Waals surface area contributed by atoms with Gasteiger partial charge in [0.1, 0.15) is 10.7 Å². The summed E-state index contributed by atoms with van der Waals surface area (Å²) in [5, 5.41) is 18.1. The van der Waals surface area contributed by atoms with Crippen LogP contribution in [0.15, 0.2) is 16.8 Å². The Balaban J connectivity index is 1.59. The van der Waals surface area contributed by atoms with E-state index in [-0.39, 0.29) is 0 Å². The largest absolute Gasteiger partial charge is 0.379 e. The van der Waals surface area contributed by atoms with E-state index in [9.17, 15) is 0 Å². The summed E-state index contributed by atoms with van der Waals surface area (Å²) in [4.78, 5) is 15.7. The smallest absolute Gasteiger partial charge is 0.206 e. The van der Waals surface area contributed by atoms with Crippen molar-refractivity contribution in [3.05, 3.63) is 33.1 Å². The summed E-state index contributed by atoms with van der Waals surface area (Å²) in [5.74, 6) is 2.08. The molecule has 0 spiro atoms. The molecule has 4 aromatic heterocycles. The van der Waals surface area contributed by atoms with Crippen molar-refractivity contribution >= 4 is 32.9 Å². The molecule has 28 heavy (non-hydrogen) atoms. The number of hydrogen-bond acceptors (Lipinski definition) is 9. The van der Waals surface area contributed by atoms with Crippen molar-refractivity contribution in [3.63, 3.8) is 0 Å². The first-order valence-electron chi connectivity index (χ1n) is 9.09. The molecule has 1 saturated heterocycles. The van der Waals surface area contributed by atoms with Crippen LogP contribution in [0, 0.1) is 13.8 Å². The van der Waals surface area contributed by atoms with Crippen molar-refractivity contribution in [2.75, 3.05) is 26.3 Å². The maximum Gasteiger partial charge on any atom is 0.206 e. The van der Waals surface area contributed by atoms with Gasteiger partial charge in [-0.1, -0.05) is 0 Å². The quantitative estimate of drug-likeness (QED) is 0.509. The Morgan fingerprint density at radius 2 is 2.04 bits per heavy atom. The maximum absolute atomic E-state index is 5.45. The fourth-order valence-corrected chi connectivity index (χ4v) is 4.93. The summed E-state index contributed by atoms with van der Waals surface area (Å²) in [5.41, 5.74) is 2.13. The third-order valence-electron chi connectivity index (χ3n) is 4.91. The van der Waals surface area contributed by atoms with Crippen molar-refractivity contribution in [2.24, 2.45) is 0 Å². The minimum Gasteiger partial charge on any atom is -0.379 e. The van der Waals surface area contributed by atoms with E-state index in [4.69, 9.17) is 14.7 Å². The molecule has 0 aliphatic carbocycles. The summed E-state index contributed by atoms with van der Waals surface area (Å²) < 4.78 is 5.45. The van der Waals surface area contributed by atoms with E-state index >= 15 is 0 Å². The van der Waals surface area contributed by atoms with Crippen molar-refractivity contribution in [1.82, 2.24) is 35.1 Å². The zero-order chi connectivity index (χ0) is 19.1. The molecular formula is C18H19N7OS2. The van der Waals surface area contributed by atoms with Crippen LogP contribution in [0.5, 0.6) is 0 Å². The highest BCUT2D eigenvalue weighted by Gasteiger charge is 2.20. The highest BCUT2D eigenvalue weighted by molar-refractivity contribution is 7.18. The van der Waals surface area contributed by atoms with Gasteiger partial charge in [-0.2, -0.15) is 11.3 Å². The number of ether oxygens (including phenoxy) is 1. The van der Waals surface area contributed by atoms with Crippen LogP contribution in [0.2, 0.25) is 0 Å². The lowest BCUT2D eigenvalue weighted by Gasteiger charge is -2.25. The molecule has 0 bridgehead atoms. The predicted molar refractivity (Wildman–Crippen MR) is 109 cm³/mol. The van der Waals surface area contributed by atoms with E-state index in [0.717, 1.165) is 47.9 Å². The fourth-order valence-electron chi connectivity index (χ4n) is 3.26. The summed E-state index contributed by atoms with van der Waals surface area (Å²) in [6, 6.07) is 1.99. The molecule has 144 valence electrons. The molecule has 5 heterocycles. The topological polar surface area (TPSA) is 81.9 Å². The molecule has 0 amide bonds. The number of rotatable bonds is 4. The number of aromatic nitrogens is 6. The third kappa shape index (κ3) is 3.22. The van der Waals surface area contributed by atoms with Crippen LogP contribution < -0.4 is 0 Å². The lowest BCUT2D eigenvalue weighted by Crippen LogP contribution is -2.36. The highest BCUT2D eigenvalue weighted by Crippen LogP contribution is 2.32. The lowest BCUT2D eigenvalue weighted by atomic mass is 10.2. The molecule has 0 atom stereocenters. The van der Waals surface area contributed by atoms with Crippen LogP contribution in [0.3, 0.4) is 0 Å². The Hall–Kier alpha value is -2.27. The summed E-state index contributed by atoms with van der Waals surface area (Å²) in [6.07, 6.45) is 0. The molecule has 8 nitrogen and oxygen atoms in total. The van der Waals surface area contributed by atoms with E-state index in [1.54, 1.807) is 27.5 Å². The van der Waals surface area contributed by atoms with Gasteiger partial charge in [-0.15, -0.1) is 26.3 Å². The summed E-state index contributed by atoms with van der Waals surface area (Å²) in [7, 11) is 0. The average molecular weight is 414 g/mol. The SMILES string of the molecule is Cc1sc2nc(CN3CCOCC3)nc(-n3nnc(-c4ccsc4)n3)c2c1C. The standard InChI is InChI=1S/C18H19N7OS2/c1-11-12(2)28-18-15(11)17(19-14(20-18)9-24-4-6-26-7-5-24)25-22-16(21-23-25)13-3-8-27-10-13/h3,8,10H,4-7,9H2,1-2H3. The predicted octanol–water partition coefficient (Wildman–Crippen LogP) is 2.84. The molecular weight excluding hydrogens is 394 g/mol. The van der Waals surface area contributed by atoms with Crippen molar-refractivity contribution < 1.29 is 4.74 Å². The Bertz CT molecular complexity index is 1110. The van der Waals surface area contributed by atoms with Crippen molar-refractivity contribution in [2.45, 2.75) is 20.4 Å². The molecule has 0 radical (unpaired) electrons. The van der Waals surface area contributed by atoms with Gasteiger partial charge < -0.3 is 4.74 Å².